The van der Waals surface area contributed by atoms with Crippen molar-refractivity contribution < 1.29 is 14.3 Å². The fraction of sp³-hybridized carbons (Fsp3) is 0.471. The smallest absolute Gasteiger partial charge is 0.150 e. The molecule has 1 aromatic carbocycles. The molecular formula is C17H16O3. The molecule has 0 radical (unpaired) electrons. The van der Waals surface area contributed by atoms with Gasteiger partial charge in [0.1, 0.15) is 0 Å². The Morgan fingerprint density at radius 3 is 1.55 bits per heavy atom. The highest BCUT2D eigenvalue weighted by molar-refractivity contribution is 5.86. The van der Waals surface area contributed by atoms with E-state index in [1.165, 1.54) is 16.7 Å². The Morgan fingerprint density at radius 1 is 0.800 bits per heavy atom. The van der Waals surface area contributed by atoms with Crippen LogP contribution >= 0.6 is 0 Å². The fourth-order valence-corrected chi connectivity index (χ4v) is 4.73. The summed E-state index contributed by atoms with van der Waals surface area (Å²) in [6, 6.07) is 0. The van der Waals surface area contributed by atoms with Gasteiger partial charge in [-0.3, -0.25) is 4.79 Å². The molecule has 0 aliphatic carbocycles. The van der Waals surface area contributed by atoms with E-state index in [0.717, 1.165) is 48.7 Å². The number of hydrogen-bond donors (Lipinski definition) is 0. The molecule has 0 aromatic heterocycles. The lowest BCUT2D eigenvalue weighted by Gasteiger charge is -2.24. The first-order valence-corrected chi connectivity index (χ1v) is 7.45. The lowest BCUT2D eigenvalue weighted by atomic mass is 9.76. The molecule has 4 aliphatic heterocycles. The molecule has 5 rings (SSSR count). The monoisotopic (exact) mass is 268 g/mol. The van der Waals surface area contributed by atoms with Gasteiger partial charge in [-0.15, -0.1) is 0 Å². The van der Waals surface area contributed by atoms with Crippen molar-refractivity contribution in [1.29, 1.82) is 0 Å². The summed E-state index contributed by atoms with van der Waals surface area (Å²) in [4.78, 5) is 11.7. The summed E-state index contributed by atoms with van der Waals surface area (Å²) in [5.74, 6) is 0. The summed E-state index contributed by atoms with van der Waals surface area (Å²) in [6.45, 7) is 4.01. The topological polar surface area (TPSA) is 35.5 Å². The second-order valence-corrected chi connectivity index (χ2v) is 6.19. The van der Waals surface area contributed by atoms with Gasteiger partial charge in [0, 0.05) is 5.56 Å². The van der Waals surface area contributed by atoms with Gasteiger partial charge >= 0.3 is 0 Å². The summed E-state index contributed by atoms with van der Waals surface area (Å²) >= 11 is 0. The van der Waals surface area contributed by atoms with Crippen molar-refractivity contribution in [3.8, 4) is 0 Å². The first-order valence-electron chi connectivity index (χ1n) is 7.45. The standard InChI is InChI=1S/C17H16O3/c1-2-8-14-10-3-5-12(19-10)16(14)9(7-18)17-13-6-4-11(20-13)15(8)17/h2,7,10-13H,1,3-6H2/t10-,11-,12+,13+/m0/s1. The third-order valence-corrected chi connectivity index (χ3v) is 5.39. The van der Waals surface area contributed by atoms with E-state index in [1.807, 2.05) is 6.08 Å². The van der Waals surface area contributed by atoms with Gasteiger partial charge in [-0.1, -0.05) is 12.7 Å². The lowest BCUT2D eigenvalue weighted by molar-refractivity contribution is 0.0669. The number of rotatable bonds is 2. The van der Waals surface area contributed by atoms with Crippen molar-refractivity contribution in [3.05, 3.63) is 40.0 Å². The number of ether oxygens (including phenoxy) is 2. The molecule has 102 valence electrons. The van der Waals surface area contributed by atoms with E-state index < -0.39 is 0 Å². The molecule has 0 amide bonds. The van der Waals surface area contributed by atoms with Crippen molar-refractivity contribution in [2.45, 2.75) is 50.1 Å². The summed E-state index contributed by atoms with van der Waals surface area (Å²) in [7, 11) is 0. The number of aldehydes is 1. The largest absolute Gasteiger partial charge is 0.366 e. The van der Waals surface area contributed by atoms with Crippen LogP contribution in [-0.2, 0) is 9.47 Å². The van der Waals surface area contributed by atoms with Gasteiger partial charge in [0.15, 0.2) is 6.29 Å². The number of benzene rings is 1. The van der Waals surface area contributed by atoms with E-state index in [1.54, 1.807) is 0 Å². The Bertz CT molecular complexity index is 559. The van der Waals surface area contributed by atoms with Crippen LogP contribution in [0.1, 0.15) is 88.3 Å². The maximum atomic E-state index is 11.7. The number of hydrogen-bond acceptors (Lipinski definition) is 3. The molecule has 2 saturated heterocycles. The molecule has 4 atom stereocenters. The SMILES string of the molecule is C=Cc1c2c(c(C=O)c3c1[C@@H]1CC[C@H]3O1)[C@H]1CC[C@@H]2O1. The second kappa shape index (κ2) is 3.60. The summed E-state index contributed by atoms with van der Waals surface area (Å²) in [5.41, 5.74) is 6.80. The highest BCUT2D eigenvalue weighted by Gasteiger charge is 2.48. The van der Waals surface area contributed by atoms with Crippen molar-refractivity contribution in [1.82, 2.24) is 0 Å². The highest BCUT2D eigenvalue weighted by Crippen LogP contribution is 2.60. The average Bonchev–Trinajstić information content (AvgIpc) is 3.23. The van der Waals surface area contributed by atoms with Crippen molar-refractivity contribution in [2.75, 3.05) is 0 Å². The first kappa shape index (κ1) is 11.2. The fourth-order valence-electron chi connectivity index (χ4n) is 4.73. The number of carbonyl (C=O) groups is 1. The van der Waals surface area contributed by atoms with Gasteiger partial charge in [-0.05, 0) is 53.5 Å². The van der Waals surface area contributed by atoms with E-state index >= 15 is 0 Å². The molecule has 3 nitrogen and oxygen atoms in total. The molecule has 2 fully saturated rings. The van der Waals surface area contributed by atoms with Gasteiger partial charge in [-0.2, -0.15) is 0 Å². The summed E-state index contributed by atoms with van der Waals surface area (Å²) in [6.07, 6.45) is 7.69. The van der Waals surface area contributed by atoms with E-state index in [4.69, 9.17) is 9.47 Å². The number of carbonyl (C=O) groups excluding carboxylic acids is 1. The van der Waals surface area contributed by atoms with Gasteiger partial charge in [0.05, 0.1) is 24.4 Å². The van der Waals surface area contributed by atoms with Crippen molar-refractivity contribution >= 4 is 12.4 Å². The van der Waals surface area contributed by atoms with Crippen LogP contribution in [-0.4, -0.2) is 6.29 Å². The highest BCUT2D eigenvalue weighted by atomic mass is 16.5. The van der Waals surface area contributed by atoms with E-state index in [0.29, 0.717) is 0 Å². The van der Waals surface area contributed by atoms with E-state index in [9.17, 15) is 4.79 Å². The van der Waals surface area contributed by atoms with Crippen LogP contribution in [0.4, 0.5) is 0 Å². The third-order valence-electron chi connectivity index (χ3n) is 5.39. The maximum absolute atomic E-state index is 11.7. The molecule has 3 heteroatoms. The quantitative estimate of drug-likeness (QED) is 0.762. The zero-order valence-corrected chi connectivity index (χ0v) is 11.2. The Labute approximate surface area is 117 Å². The van der Waals surface area contributed by atoms with Gasteiger partial charge in [0.2, 0.25) is 0 Å². The molecular weight excluding hydrogens is 252 g/mol. The molecule has 1 aromatic rings. The van der Waals surface area contributed by atoms with Gasteiger partial charge < -0.3 is 9.47 Å². The first-order chi connectivity index (χ1) is 9.83. The minimum absolute atomic E-state index is 0.110. The molecule has 4 aliphatic rings. The van der Waals surface area contributed by atoms with Crippen molar-refractivity contribution in [3.63, 3.8) is 0 Å². The predicted octanol–water partition coefficient (Wildman–Crippen LogP) is 3.95. The molecule has 20 heavy (non-hydrogen) atoms. The van der Waals surface area contributed by atoms with E-state index in [2.05, 4.69) is 6.58 Å². The Morgan fingerprint density at radius 2 is 1.20 bits per heavy atom. The summed E-state index contributed by atoms with van der Waals surface area (Å²) in [5, 5.41) is 0. The normalized spacial score (nSPS) is 35.2. The molecule has 0 saturated carbocycles. The summed E-state index contributed by atoms with van der Waals surface area (Å²) < 4.78 is 12.1. The minimum atomic E-state index is 0.110. The zero-order valence-electron chi connectivity index (χ0n) is 11.2. The average molecular weight is 268 g/mol. The zero-order chi connectivity index (χ0) is 13.4. The molecule has 0 N–H and O–H groups in total. The Balaban J connectivity index is 1.92. The lowest BCUT2D eigenvalue weighted by Crippen LogP contribution is -2.13. The maximum Gasteiger partial charge on any atom is 0.150 e. The van der Waals surface area contributed by atoms with Crippen LogP contribution in [0, 0.1) is 0 Å². The van der Waals surface area contributed by atoms with Crippen LogP contribution in [0.15, 0.2) is 6.58 Å². The van der Waals surface area contributed by atoms with Crippen LogP contribution in [0.3, 0.4) is 0 Å². The Hall–Kier alpha value is -1.45. The molecule has 4 bridgehead atoms. The third kappa shape index (κ3) is 1.09. The van der Waals surface area contributed by atoms with Crippen LogP contribution in [0.2, 0.25) is 0 Å². The van der Waals surface area contributed by atoms with Crippen LogP contribution in [0.5, 0.6) is 0 Å². The van der Waals surface area contributed by atoms with E-state index in [-0.39, 0.29) is 24.4 Å². The van der Waals surface area contributed by atoms with Crippen molar-refractivity contribution in [2.24, 2.45) is 0 Å². The minimum Gasteiger partial charge on any atom is -0.366 e. The second-order valence-electron chi connectivity index (χ2n) is 6.19. The van der Waals surface area contributed by atoms with Gasteiger partial charge in [0.25, 0.3) is 0 Å². The molecule has 0 spiro atoms. The molecule has 0 unspecified atom stereocenters. The van der Waals surface area contributed by atoms with Crippen LogP contribution < -0.4 is 0 Å². The van der Waals surface area contributed by atoms with Gasteiger partial charge in [-0.25, -0.2) is 0 Å². The predicted molar refractivity (Wildman–Crippen MR) is 73.5 cm³/mol. The Kier molecular flexibility index (Phi) is 2.02. The molecule has 4 heterocycles. The van der Waals surface area contributed by atoms with Crippen LogP contribution in [0.25, 0.3) is 6.08 Å². The number of fused-ring (bicyclic) bond motifs is 10.